The van der Waals surface area contributed by atoms with Gasteiger partial charge < -0.3 is 18.9 Å². The molecule has 36 heavy (non-hydrogen) atoms. The molecular formula is C26H27N5O5. The lowest BCUT2D eigenvalue weighted by atomic mass is 10.1. The maximum atomic E-state index is 13.6. The Morgan fingerprint density at radius 3 is 2.53 bits per heavy atom. The molecule has 10 nitrogen and oxygen atoms in total. The molecule has 5 rings (SSSR count). The summed E-state index contributed by atoms with van der Waals surface area (Å²) in [6.07, 6.45) is 0. The first-order chi connectivity index (χ1) is 17.4. The van der Waals surface area contributed by atoms with Gasteiger partial charge in [-0.15, -0.1) is 0 Å². The largest absolute Gasteiger partial charge is 0.495 e. The van der Waals surface area contributed by atoms with Crippen LogP contribution in [0, 0.1) is 5.92 Å². The van der Waals surface area contributed by atoms with Crippen LogP contribution in [0.25, 0.3) is 11.2 Å². The molecule has 1 aliphatic heterocycles. The molecule has 1 unspecified atom stereocenters. The highest BCUT2D eigenvalue weighted by molar-refractivity contribution is 5.78. The maximum Gasteiger partial charge on any atom is 0.333 e. The second-order valence-corrected chi connectivity index (χ2v) is 8.96. The molecule has 3 heterocycles. The number of esters is 1. The van der Waals surface area contributed by atoms with E-state index in [-0.39, 0.29) is 23.7 Å². The number of para-hydroxylation sites is 2. The van der Waals surface area contributed by atoms with E-state index in [1.54, 1.807) is 14.2 Å². The van der Waals surface area contributed by atoms with E-state index in [2.05, 4.69) is 6.92 Å². The highest BCUT2D eigenvalue weighted by Crippen LogP contribution is 2.37. The topological polar surface area (TPSA) is 101 Å². The van der Waals surface area contributed by atoms with Crippen LogP contribution < -0.4 is 20.9 Å². The summed E-state index contributed by atoms with van der Waals surface area (Å²) < 4.78 is 14.9. The van der Waals surface area contributed by atoms with Crippen molar-refractivity contribution >= 4 is 28.8 Å². The van der Waals surface area contributed by atoms with Gasteiger partial charge in [-0.05, 0) is 23.6 Å². The number of carbonyl (C=O) groups excluding carboxylic acids is 1. The summed E-state index contributed by atoms with van der Waals surface area (Å²) in [5, 5.41) is 0. The van der Waals surface area contributed by atoms with Crippen molar-refractivity contribution < 1.29 is 14.3 Å². The lowest BCUT2D eigenvalue weighted by Gasteiger charge is -2.33. The zero-order valence-electron chi connectivity index (χ0n) is 20.4. The zero-order chi connectivity index (χ0) is 25.4. The Balaban J connectivity index is 1.56. The van der Waals surface area contributed by atoms with E-state index < -0.39 is 23.8 Å². The monoisotopic (exact) mass is 489 g/mol. The van der Waals surface area contributed by atoms with Gasteiger partial charge in [0.1, 0.15) is 18.9 Å². The van der Waals surface area contributed by atoms with Crippen LogP contribution in [0.1, 0.15) is 12.5 Å². The summed E-state index contributed by atoms with van der Waals surface area (Å²) in [6.45, 7) is 2.87. The van der Waals surface area contributed by atoms with Crippen molar-refractivity contribution in [3.8, 4) is 5.75 Å². The number of hydrogen-bond donors (Lipinski definition) is 0. The van der Waals surface area contributed by atoms with Gasteiger partial charge in [-0.2, -0.15) is 4.98 Å². The minimum absolute atomic E-state index is 0.0600. The van der Waals surface area contributed by atoms with E-state index >= 15 is 0 Å². The van der Waals surface area contributed by atoms with E-state index in [1.165, 1.54) is 4.57 Å². The van der Waals surface area contributed by atoms with Crippen LogP contribution in [0.3, 0.4) is 0 Å². The minimum Gasteiger partial charge on any atom is -0.495 e. The van der Waals surface area contributed by atoms with Crippen molar-refractivity contribution in [2.75, 3.05) is 18.6 Å². The van der Waals surface area contributed by atoms with Gasteiger partial charge in [-0.1, -0.05) is 49.4 Å². The predicted molar refractivity (Wildman–Crippen MR) is 135 cm³/mol. The highest BCUT2D eigenvalue weighted by atomic mass is 16.5. The van der Waals surface area contributed by atoms with E-state index in [1.807, 2.05) is 64.1 Å². The number of hydrogen-bond acceptors (Lipinski definition) is 7. The Morgan fingerprint density at radius 1 is 1.06 bits per heavy atom. The van der Waals surface area contributed by atoms with E-state index in [0.717, 1.165) is 15.8 Å². The first-order valence-electron chi connectivity index (χ1n) is 11.7. The van der Waals surface area contributed by atoms with Gasteiger partial charge in [0.2, 0.25) is 5.95 Å². The van der Waals surface area contributed by atoms with Gasteiger partial charge in [0.25, 0.3) is 5.56 Å². The van der Waals surface area contributed by atoms with Crippen LogP contribution >= 0.6 is 0 Å². The first-order valence-corrected chi connectivity index (χ1v) is 11.7. The summed E-state index contributed by atoms with van der Waals surface area (Å²) in [5.41, 5.74) is 0.973. The van der Waals surface area contributed by atoms with Gasteiger partial charge in [0.15, 0.2) is 11.2 Å². The fourth-order valence-electron chi connectivity index (χ4n) is 4.61. The smallest absolute Gasteiger partial charge is 0.333 e. The van der Waals surface area contributed by atoms with Crippen LogP contribution in [0.5, 0.6) is 5.75 Å². The van der Waals surface area contributed by atoms with Crippen LogP contribution in [0.4, 0.5) is 11.6 Å². The Bertz CT molecular complexity index is 1550. The number of imidazole rings is 1. The van der Waals surface area contributed by atoms with Crippen LogP contribution in [-0.4, -0.2) is 38.3 Å². The number of aromatic nitrogens is 4. The fraction of sp³-hybridized carbons (Fsp3) is 0.308. The molecule has 2 aromatic heterocycles. The average molecular weight is 490 g/mol. The van der Waals surface area contributed by atoms with Gasteiger partial charge >= 0.3 is 11.7 Å². The third-order valence-corrected chi connectivity index (χ3v) is 6.35. The maximum absolute atomic E-state index is 13.6. The number of benzene rings is 2. The molecular weight excluding hydrogens is 462 g/mol. The molecule has 0 aliphatic carbocycles. The van der Waals surface area contributed by atoms with Crippen molar-refractivity contribution in [3.63, 3.8) is 0 Å². The molecule has 4 aromatic rings. The summed E-state index contributed by atoms with van der Waals surface area (Å²) in [7, 11) is 3.15. The SMILES string of the molecule is COc1ccccc1N1CC(C)Cn2c1nc1c2c(=O)n(CC(=O)OCc2ccccc2)c(=O)n1C. The number of carbonyl (C=O) groups is 1. The molecule has 10 heteroatoms. The average Bonchev–Trinajstić information content (AvgIpc) is 3.28. The molecule has 1 atom stereocenters. The Kier molecular flexibility index (Phi) is 6.09. The van der Waals surface area contributed by atoms with E-state index in [4.69, 9.17) is 14.5 Å². The molecule has 0 fully saturated rings. The van der Waals surface area contributed by atoms with Gasteiger partial charge in [-0.3, -0.25) is 14.2 Å². The predicted octanol–water partition coefficient (Wildman–Crippen LogP) is 2.44. The molecule has 0 N–H and O–H groups in total. The number of fused-ring (bicyclic) bond motifs is 3. The number of ether oxygens (including phenoxy) is 2. The third kappa shape index (κ3) is 4.04. The second-order valence-electron chi connectivity index (χ2n) is 8.96. The number of nitrogens with zero attached hydrogens (tertiary/aromatic N) is 5. The van der Waals surface area contributed by atoms with Crippen molar-refractivity contribution in [2.24, 2.45) is 13.0 Å². The Morgan fingerprint density at radius 2 is 1.78 bits per heavy atom. The summed E-state index contributed by atoms with van der Waals surface area (Å²) in [4.78, 5) is 45.9. The number of methoxy groups -OCH3 is 1. The third-order valence-electron chi connectivity index (χ3n) is 6.35. The minimum atomic E-state index is -0.667. The standard InChI is InChI=1S/C26H27N5O5/c1-17-13-29(19-11-7-8-12-20(19)35-3)25-27-23-22(30(25)14-17)24(33)31(26(34)28(23)2)15-21(32)36-16-18-9-5-4-6-10-18/h4-12,17H,13-16H2,1-3H3. The number of anilines is 2. The molecule has 0 radical (unpaired) electrons. The molecule has 1 aliphatic rings. The van der Waals surface area contributed by atoms with Crippen molar-refractivity contribution in [2.45, 2.75) is 26.6 Å². The summed E-state index contributed by atoms with van der Waals surface area (Å²) in [5.74, 6) is 0.738. The number of aryl methyl sites for hydroxylation is 1. The van der Waals surface area contributed by atoms with Gasteiger partial charge in [0.05, 0.1) is 12.8 Å². The van der Waals surface area contributed by atoms with Crippen LogP contribution in [0.2, 0.25) is 0 Å². The highest BCUT2D eigenvalue weighted by Gasteiger charge is 2.31. The second kappa shape index (κ2) is 9.37. The van der Waals surface area contributed by atoms with Gasteiger partial charge in [0, 0.05) is 20.1 Å². The van der Waals surface area contributed by atoms with Crippen molar-refractivity contribution in [1.29, 1.82) is 0 Å². The quantitative estimate of drug-likeness (QED) is 0.384. The van der Waals surface area contributed by atoms with Crippen LogP contribution in [0.15, 0.2) is 64.2 Å². The molecule has 0 bridgehead atoms. The molecule has 0 saturated carbocycles. The molecule has 186 valence electrons. The Labute approximate surface area is 206 Å². The van der Waals surface area contributed by atoms with Crippen LogP contribution in [-0.2, 0) is 36.3 Å². The van der Waals surface area contributed by atoms with Crippen molar-refractivity contribution in [1.82, 2.24) is 18.7 Å². The van der Waals surface area contributed by atoms with E-state index in [0.29, 0.717) is 24.8 Å². The summed E-state index contributed by atoms with van der Waals surface area (Å²) in [6, 6.07) is 16.8. The normalized spacial score (nSPS) is 15.1. The molecule has 0 saturated heterocycles. The zero-order valence-corrected chi connectivity index (χ0v) is 20.4. The fourth-order valence-corrected chi connectivity index (χ4v) is 4.61. The molecule has 0 spiro atoms. The first kappa shape index (κ1) is 23.4. The lowest BCUT2D eigenvalue weighted by molar-refractivity contribution is -0.145. The lowest BCUT2D eigenvalue weighted by Crippen LogP contribution is -2.42. The van der Waals surface area contributed by atoms with Gasteiger partial charge in [-0.25, -0.2) is 9.36 Å². The van der Waals surface area contributed by atoms with E-state index in [9.17, 15) is 14.4 Å². The van der Waals surface area contributed by atoms with Crippen molar-refractivity contribution in [3.05, 3.63) is 81.0 Å². The number of rotatable bonds is 6. The molecule has 2 aromatic carbocycles. The Hall–Kier alpha value is -4.34. The molecule has 0 amide bonds. The summed E-state index contributed by atoms with van der Waals surface area (Å²) >= 11 is 0.